The number of hydrogen-bond acceptors (Lipinski definition) is 4. The molecule has 1 N–H and O–H groups in total. The molecule has 0 fully saturated rings. The van der Waals surface area contributed by atoms with Crippen molar-refractivity contribution in [2.45, 2.75) is 6.92 Å². The molecular formula is C23H19N3O. The van der Waals surface area contributed by atoms with Crippen molar-refractivity contribution in [1.82, 2.24) is 5.16 Å². The minimum absolute atomic E-state index is 0.680. The van der Waals surface area contributed by atoms with Crippen LogP contribution >= 0.6 is 0 Å². The zero-order valence-corrected chi connectivity index (χ0v) is 15.0. The van der Waals surface area contributed by atoms with Crippen LogP contribution in [0.25, 0.3) is 11.3 Å². The van der Waals surface area contributed by atoms with E-state index in [0.717, 1.165) is 22.5 Å². The number of aryl methyl sites for hydroxylation is 1. The molecule has 0 radical (unpaired) electrons. The van der Waals surface area contributed by atoms with E-state index >= 15 is 0 Å². The van der Waals surface area contributed by atoms with Gasteiger partial charge in [0.15, 0.2) is 5.76 Å². The van der Waals surface area contributed by atoms with Crippen molar-refractivity contribution >= 4 is 11.4 Å². The number of hydrazone groups is 1. The van der Waals surface area contributed by atoms with Crippen molar-refractivity contribution in [2.24, 2.45) is 5.10 Å². The van der Waals surface area contributed by atoms with E-state index in [2.05, 4.69) is 22.6 Å². The molecule has 0 spiro atoms. The maximum absolute atomic E-state index is 5.56. The van der Waals surface area contributed by atoms with Crippen molar-refractivity contribution in [3.05, 3.63) is 108 Å². The molecular weight excluding hydrogens is 334 g/mol. The Morgan fingerprint density at radius 3 is 2.22 bits per heavy atom. The Morgan fingerprint density at radius 2 is 1.52 bits per heavy atom. The van der Waals surface area contributed by atoms with Crippen LogP contribution in [-0.4, -0.2) is 10.9 Å². The van der Waals surface area contributed by atoms with Crippen LogP contribution in [0.5, 0.6) is 0 Å². The van der Waals surface area contributed by atoms with Gasteiger partial charge in [0.2, 0.25) is 0 Å². The number of hydrogen-bond donors (Lipinski definition) is 1. The molecule has 0 saturated heterocycles. The summed E-state index contributed by atoms with van der Waals surface area (Å²) in [7, 11) is 0. The standard InChI is InChI=1S/C23H19N3O/c1-17-12-14-20(15-13-17)24-25-23(19-10-6-3-7-11-19)21-16-22(27-26-21)18-8-4-2-5-9-18/h2-16,24H,1H3/b25-23+. The molecule has 4 aromatic rings. The Bertz CT molecular complexity index is 1040. The molecule has 0 aliphatic rings. The lowest BCUT2D eigenvalue weighted by Crippen LogP contribution is -2.07. The number of anilines is 1. The topological polar surface area (TPSA) is 50.4 Å². The number of aromatic nitrogens is 1. The van der Waals surface area contributed by atoms with Gasteiger partial charge in [-0.2, -0.15) is 5.10 Å². The molecule has 0 atom stereocenters. The van der Waals surface area contributed by atoms with Gasteiger partial charge in [-0.25, -0.2) is 0 Å². The second kappa shape index (κ2) is 7.70. The zero-order valence-electron chi connectivity index (χ0n) is 15.0. The third-order valence-electron chi connectivity index (χ3n) is 4.21. The summed E-state index contributed by atoms with van der Waals surface area (Å²) in [6, 6.07) is 29.9. The Balaban J connectivity index is 1.69. The van der Waals surface area contributed by atoms with Gasteiger partial charge >= 0.3 is 0 Å². The summed E-state index contributed by atoms with van der Waals surface area (Å²) in [5, 5.41) is 8.87. The largest absolute Gasteiger partial charge is 0.356 e. The van der Waals surface area contributed by atoms with Gasteiger partial charge in [-0.3, -0.25) is 5.43 Å². The number of benzene rings is 3. The van der Waals surface area contributed by atoms with Crippen LogP contribution in [-0.2, 0) is 0 Å². The highest BCUT2D eigenvalue weighted by Crippen LogP contribution is 2.22. The van der Waals surface area contributed by atoms with Crippen LogP contribution in [0.15, 0.2) is 101 Å². The van der Waals surface area contributed by atoms with Crippen molar-refractivity contribution in [1.29, 1.82) is 0 Å². The first-order valence-electron chi connectivity index (χ1n) is 8.78. The Labute approximate surface area is 158 Å². The van der Waals surface area contributed by atoms with E-state index in [1.165, 1.54) is 5.56 Å². The highest BCUT2D eigenvalue weighted by atomic mass is 16.5. The molecule has 0 aliphatic heterocycles. The van der Waals surface area contributed by atoms with E-state index in [1.54, 1.807) is 0 Å². The number of nitrogens with one attached hydrogen (secondary N) is 1. The predicted octanol–water partition coefficient (Wildman–Crippen LogP) is 5.51. The monoisotopic (exact) mass is 353 g/mol. The lowest BCUT2D eigenvalue weighted by Gasteiger charge is -2.06. The highest BCUT2D eigenvalue weighted by Gasteiger charge is 2.14. The van der Waals surface area contributed by atoms with Gasteiger partial charge in [0, 0.05) is 17.2 Å². The summed E-state index contributed by atoms with van der Waals surface area (Å²) < 4.78 is 5.56. The van der Waals surface area contributed by atoms with E-state index in [9.17, 15) is 0 Å². The van der Waals surface area contributed by atoms with E-state index in [1.807, 2.05) is 91.0 Å². The normalized spacial score (nSPS) is 11.4. The van der Waals surface area contributed by atoms with Crippen LogP contribution in [0, 0.1) is 6.92 Å². The molecule has 1 heterocycles. The van der Waals surface area contributed by atoms with Gasteiger partial charge in [-0.1, -0.05) is 83.5 Å². The van der Waals surface area contributed by atoms with Gasteiger partial charge in [0.25, 0.3) is 0 Å². The smallest absolute Gasteiger partial charge is 0.167 e. The minimum Gasteiger partial charge on any atom is -0.356 e. The van der Waals surface area contributed by atoms with E-state index in [0.29, 0.717) is 11.5 Å². The van der Waals surface area contributed by atoms with Gasteiger partial charge in [-0.15, -0.1) is 0 Å². The van der Waals surface area contributed by atoms with Crippen LogP contribution in [0.4, 0.5) is 5.69 Å². The fourth-order valence-corrected chi connectivity index (χ4v) is 2.74. The van der Waals surface area contributed by atoms with Gasteiger partial charge in [0.05, 0.1) is 5.69 Å². The SMILES string of the molecule is Cc1ccc(N/N=C(\c2ccccc2)c2cc(-c3ccccc3)on2)cc1. The highest BCUT2D eigenvalue weighted by molar-refractivity contribution is 6.12. The summed E-state index contributed by atoms with van der Waals surface area (Å²) in [6.45, 7) is 2.06. The fourth-order valence-electron chi connectivity index (χ4n) is 2.74. The fraction of sp³-hybridized carbons (Fsp3) is 0.0435. The summed E-state index contributed by atoms with van der Waals surface area (Å²) in [5.41, 5.74) is 8.60. The van der Waals surface area contributed by atoms with Gasteiger partial charge < -0.3 is 4.52 Å². The molecule has 1 aromatic heterocycles. The van der Waals surface area contributed by atoms with E-state index in [-0.39, 0.29) is 0 Å². The lowest BCUT2D eigenvalue weighted by molar-refractivity contribution is 0.431. The molecule has 132 valence electrons. The van der Waals surface area contributed by atoms with Crippen molar-refractivity contribution in [3.8, 4) is 11.3 Å². The lowest BCUT2D eigenvalue weighted by atomic mass is 10.1. The van der Waals surface area contributed by atoms with Crippen LogP contribution in [0.2, 0.25) is 0 Å². The first kappa shape index (κ1) is 16.8. The summed E-state index contributed by atoms with van der Waals surface area (Å²) in [5.74, 6) is 0.713. The van der Waals surface area contributed by atoms with Crippen LogP contribution in [0.3, 0.4) is 0 Å². The molecule has 0 aliphatic carbocycles. The average molecular weight is 353 g/mol. The molecule has 4 heteroatoms. The Morgan fingerprint density at radius 1 is 0.852 bits per heavy atom. The van der Waals surface area contributed by atoms with Gasteiger partial charge in [0.1, 0.15) is 11.4 Å². The molecule has 3 aromatic carbocycles. The summed E-state index contributed by atoms with van der Waals surface area (Å²) >= 11 is 0. The summed E-state index contributed by atoms with van der Waals surface area (Å²) in [4.78, 5) is 0. The molecule has 4 rings (SSSR count). The molecule has 0 unspecified atom stereocenters. The third-order valence-corrected chi connectivity index (χ3v) is 4.21. The predicted molar refractivity (Wildman–Crippen MR) is 109 cm³/mol. The van der Waals surface area contributed by atoms with Crippen molar-refractivity contribution in [2.75, 3.05) is 5.43 Å². The molecule has 27 heavy (non-hydrogen) atoms. The van der Waals surface area contributed by atoms with Crippen LogP contribution < -0.4 is 5.43 Å². The number of rotatable bonds is 5. The minimum atomic E-state index is 0.680. The van der Waals surface area contributed by atoms with Crippen LogP contribution in [0.1, 0.15) is 16.8 Å². The quantitative estimate of drug-likeness (QED) is 0.380. The molecule has 4 nitrogen and oxygen atoms in total. The molecule has 0 amide bonds. The Kier molecular flexibility index (Phi) is 4.79. The van der Waals surface area contributed by atoms with E-state index in [4.69, 9.17) is 4.52 Å². The molecule has 0 bridgehead atoms. The van der Waals surface area contributed by atoms with E-state index < -0.39 is 0 Å². The Hall–Kier alpha value is -3.66. The van der Waals surface area contributed by atoms with Crippen molar-refractivity contribution in [3.63, 3.8) is 0 Å². The zero-order chi connectivity index (χ0) is 18.5. The first-order chi connectivity index (χ1) is 13.3. The second-order valence-corrected chi connectivity index (χ2v) is 6.25. The number of nitrogens with zero attached hydrogens (tertiary/aromatic N) is 2. The van der Waals surface area contributed by atoms with Gasteiger partial charge in [-0.05, 0) is 19.1 Å². The third kappa shape index (κ3) is 3.96. The average Bonchev–Trinajstić information content (AvgIpc) is 3.21. The second-order valence-electron chi connectivity index (χ2n) is 6.25. The summed E-state index contributed by atoms with van der Waals surface area (Å²) in [6.07, 6.45) is 0. The maximum atomic E-state index is 5.56. The molecule has 0 saturated carbocycles. The van der Waals surface area contributed by atoms with Crippen molar-refractivity contribution < 1.29 is 4.52 Å². The maximum Gasteiger partial charge on any atom is 0.167 e. The first-order valence-corrected chi connectivity index (χ1v) is 8.78.